The van der Waals surface area contributed by atoms with Crippen LogP contribution in [0.1, 0.15) is 37.8 Å². The highest BCUT2D eigenvalue weighted by Crippen LogP contribution is 2.30. The number of nitrogens with one attached hydrogen (secondary N) is 1. The number of hydrogen-bond acceptors (Lipinski definition) is 2. The summed E-state index contributed by atoms with van der Waals surface area (Å²) in [7, 11) is 0. The van der Waals surface area contributed by atoms with Crippen molar-refractivity contribution in [1.82, 2.24) is 5.32 Å². The van der Waals surface area contributed by atoms with E-state index in [1.165, 1.54) is 5.56 Å². The van der Waals surface area contributed by atoms with E-state index in [1.807, 2.05) is 24.3 Å². The highest BCUT2D eigenvalue weighted by atomic mass is 35.5. The molecule has 0 bridgehead atoms. The largest absolute Gasteiger partial charge is 0.295 e. The second-order valence-electron chi connectivity index (χ2n) is 5.60. The zero-order valence-electron chi connectivity index (χ0n) is 10.7. The molecule has 2 atom stereocenters. The van der Waals surface area contributed by atoms with E-state index in [9.17, 15) is 9.59 Å². The number of carbonyl (C=O) groups is 2. The number of imide groups is 1. The zero-order chi connectivity index (χ0) is 13.5. The molecule has 1 aromatic carbocycles. The van der Waals surface area contributed by atoms with E-state index < -0.39 is 17.2 Å². The molecule has 18 heavy (non-hydrogen) atoms. The fourth-order valence-corrected chi connectivity index (χ4v) is 2.38. The Bertz CT molecular complexity index is 488. The van der Waals surface area contributed by atoms with Crippen molar-refractivity contribution in [2.45, 2.75) is 37.5 Å². The Morgan fingerprint density at radius 2 is 1.61 bits per heavy atom. The molecule has 1 aliphatic heterocycles. The van der Waals surface area contributed by atoms with Crippen LogP contribution in [-0.4, -0.2) is 17.2 Å². The van der Waals surface area contributed by atoms with Gasteiger partial charge in [-0.15, -0.1) is 11.6 Å². The summed E-state index contributed by atoms with van der Waals surface area (Å²) in [6.45, 7) is 6.37. The Balaban J connectivity index is 2.30. The quantitative estimate of drug-likeness (QED) is 0.626. The zero-order valence-corrected chi connectivity index (χ0v) is 11.4. The molecule has 1 aliphatic rings. The number of halogens is 1. The number of rotatable bonds is 1. The molecule has 2 amide bonds. The Morgan fingerprint density at radius 3 is 2.00 bits per heavy atom. The van der Waals surface area contributed by atoms with Gasteiger partial charge in [0.05, 0.1) is 5.92 Å². The van der Waals surface area contributed by atoms with Crippen LogP contribution in [0.25, 0.3) is 0 Å². The van der Waals surface area contributed by atoms with Gasteiger partial charge in [0, 0.05) is 0 Å². The van der Waals surface area contributed by atoms with E-state index in [-0.39, 0.29) is 11.3 Å². The molecule has 1 N–H and O–H groups in total. The summed E-state index contributed by atoms with van der Waals surface area (Å²) in [6.07, 6.45) is 0. The van der Waals surface area contributed by atoms with Crippen LogP contribution in [0.2, 0.25) is 0 Å². The molecule has 2 rings (SSSR count). The van der Waals surface area contributed by atoms with Gasteiger partial charge in [-0.25, -0.2) is 0 Å². The molecule has 0 aliphatic carbocycles. The number of carbonyl (C=O) groups excluding carboxylic acids is 2. The van der Waals surface area contributed by atoms with Gasteiger partial charge in [0.2, 0.25) is 11.8 Å². The van der Waals surface area contributed by atoms with Crippen molar-refractivity contribution in [3.05, 3.63) is 35.4 Å². The number of benzene rings is 1. The number of alkyl halides is 1. The lowest BCUT2D eigenvalue weighted by atomic mass is 9.85. The van der Waals surface area contributed by atoms with Crippen LogP contribution in [0.4, 0.5) is 0 Å². The second-order valence-corrected chi connectivity index (χ2v) is 6.08. The van der Waals surface area contributed by atoms with Gasteiger partial charge in [-0.1, -0.05) is 45.0 Å². The fraction of sp³-hybridized carbons (Fsp3) is 0.429. The summed E-state index contributed by atoms with van der Waals surface area (Å²) >= 11 is 5.95. The smallest absolute Gasteiger partial charge is 0.245 e. The Hall–Kier alpha value is -1.35. The molecule has 3 nitrogen and oxygen atoms in total. The van der Waals surface area contributed by atoms with Crippen LogP contribution < -0.4 is 5.32 Å². The van der Waals surface area contributed by atoms with Gasteiger partial charge < -0.3 is 0 Å². The normalized spacial score (nSPS) is 24.2. The summed E-state index contributed by atoms with van der Waals surface area (Å²) in [4.78, 5) is 23.0. The van der Waals surface area contributed by atoms with Crippen LogP contribution in [0.15, 0.2) is 24.3 Å². The van der Waals surface area contributed by atoms with Crippen LogP contribution in [0.5, 0.6) is 0 Å². The Kier molecular flexibility index (Phi) is 3.20. The molecule has 2 unspecified atom stereocenters. The first kappa shape index (κ1) is 13.1. The lowest BCUT2D eigenvalue weighted by Crippen LogP contribution is -2.22. The second kappa shape index (κ2) is 4.39. The fourth-order valence-electron chi connectivity index (χ4n) is 2.06. The standard InChI is InChI=1S/C14H16ClNO2/c1-14(2,3)9-6-4-8(5-7-9)10-11(15)13(18)16-12(10)17/h4-7,10-11H,1-3H3,(H,16,17,18). The van der Waals surface area contributed by atoms with E-state index in [4.69, 9.17) is 11.6 Å². The van der Waals surface area contributed by atoms with E-state index in [1.54, 1.807) is 0 Å². The first-order chi connectivity index (χ1) is 8.30. The van der Waals surface area contributed by atoms with Crippen LogP contribution in [0.3, 0.4) is 0 Å². The topological polar surface area (TPSA) is 46.2 Å². The van der Waals surface area contributed by atoms with Gasteiger partial charge in [0.25, 0.3) is 0 Å². The average Bonchev–Trinajstić information content (AvgIpc) is 2.52. The molecular weight excluding hydrogens is 250 g/mol. The molecule has 0 aromatic heterocycles. The van der Waals surface area contributed by atoms with E-state index in [0.717, 1.165) is 5.56 Å². The van der Waals surface area contributed by atoms with Gasteiger partial charge in [-0.2, -0.15) is 0 Å². The molecule has 4 heteroatoms. The van der Waals surface area contributed by atoms with Crippen LogP contribution in [-0.2, 0) is 15.0 Å². The summed E-state index contributed by atoms with van der Waals surface area (Å²) < 4.78 is 0. The molecule has 1 heterocycles. The SMILES string of the molecule is CC(C)(C)c1ccc(C2C(=O)NC(=O)C2Cl)cc1. The summed E-state index contributed by atoms with van der Waals surface area (Å²) in [5, 5.41) is 1.44. The molecule has 0 spiro atoms. The van der Waals surface area contributed by atoms with E-state index in [0.29, 0.717) is 0 Å². The maximum atomic E-state index is 11.7. The first-order valence-corrected chi connectivity index (χ1v) is 6.33. The average molecular weight is 266 g/mol. The highest BCUT2D eigenvalue weighted by molar-refractivity contribution is 6.37. The van der Waals surface area contributed by atoms with Crippen molar-refractivity contribution < 1.29 is 9.59 Å². The maximum Gasteiger partial charge on any atom is 0.245 e. The summed E-state index contributed by atoms with van der Waals surface area (Å²) in [5.41, 5.74) is 2.03. The lowest BCUT2D eigenvalue weighted by molar-refractivity contribution is -0.125. The van der Waals surface area contributed by atoms with E-state index >= 15 is 0 Å². The molecule has 1 aromatic rings. The van der Waals surface area contributed by atoms with Crippen molar-refractivity contribution >= 4 is 23.4 Å². The molecule has 1 fully saturated rings. The van der Waals surface area contributed by atoms with Gasteiger partial charge in [-0.05, 0) is 16.5 Å². The molecule has 0 saturated carbocycles. The van der Waals surface area contributed by atoms with Gasteiger partial charge >= 0.3 is 0 Å². The van der Waals surface area contributed by atoms with Crippen molar-refractivity contribution in [2.24, 2.45) is 0 Å². The monoisotopic (exact) mass is 265 g/mol. The van der Waals surface area contributed by atoms with Gasteiger partial charge in [0.1, 0.15) is 5.38 Å². The molecule has 1 saturated heterocycles. The third kappa shape index (κ3) is 2.27. The van der Waals surface area contributed by atoms with Crippen LogP contribution in [0, 0.1) is 0 Å². The highest BCUT2D eigenvalue weighted by Gasteiger charge is 2.41. The molecule has 96 valence electrons. The Labute approximate surface area is 112 Å². The number of amides is 2. The van der Waals surface area contributed by atoms with Gasteiger partial charge in [-0.3, -0.25) is 14.9 Å². The predicted molar refractivity (Wildman–Crippen MR) is 70.7 cm³/mol. The third-order valence-electron chi connectivity index (χ3n) is 3.21. The summed E-state index contributed by atoms with van der Waals surface area (Å²) in [5.74, 6) is -1.30. The minimum Gasteiger partial charge on any atom is -0.295 e. The minimum absolute atomic E-state index is 0.0622. The lowest BCUT2D eigenvalue weighted by Gasteiger charge is -2.20. The van der Waals surface area contributed by atoms with Crippen molar-refractivity contribution in [1.29, 1.82) is 0 Å². The molecular formula is C14H16ClNO2. The van der Waals surface area contributed by atoms with Crippen molar-refractivity contribution in [2.75, 3.05) is 0 Å². The van der Waals surface area contributed by atoms with Crippen molar-refractivity contribution in [3.8, 4) is 0 Å². The van der Waals surface area contributed by atoms with Crippen LogP contribution >= 0.6 is 11.6 Å². The maximum absolute atomic E-state index is 11.7. The van der Waals surface area contributed by atoms with Crippen molar-refractivity contribution in [3.63, 3.8) is 0 Å². The minimum atomic E-state index is -0.807. The van der Waals surface area contributed by atoms with Gasteiger partial charge in [0.15, 0.2) is 0 Å². The number of hydrogen-bond donors (Lipinski definition) is 1. The third-order valence-corrected chi connectivity index (χ3v) is 3.66. The summed E-state index contributed by atoms with van der Waals surface area (Å²) in [6, 6.07) is 7.71. The Morgan fingerprint density at radius 1 is 1.06 bits per heavy atom. The molecule has 0 radical (unpaired) electrons. The van der Waals surface area contributed by atoms with E-state index in [2.05, 4.69) is 26.1 Å². The predicted octanol–water partition coefficient (Wildman–Crippen LogP) is 2.33. The first-order valence-electron chi connectivity index (χ1n) is 5.90.